The Morgan fingerprint density at radius 1 is 1.13 bits per heavy atom. The fourth-order valence-corrected chi connectivity index (χ4v) is 3.97. The molecule has 11 heteroatoms. The maximum Gasteiger partial charge on any atom is 0.321 e. The summed E-state index contributed by atoms with van der Waals surface area (Å²) < 4.78 is 13.4. The van der Waals surface area contributed by atoms with E-state index in [0.717, 1.165) is 50.2 Å². The highest BCUT2D eigenvalue weighted by molar-refractivity contribution is 5.52. The molecule has 1 aliphatic carbocycles. The van der Waals surface area contributed by atoms with Crippen LogP contribution in [0.15, 0.2) is 24.7 Å². The first-order chi connectivity index (χ1) is 15.3. The number of fused-ring (bicyclic) bond motifs is 1. The molecule has 3 aromatic heterocycles. The van der Waals surface area contributed by atoms with E-state index in [4.69, 9.17) is 19.7 Å². The van der Waals surface area contributed by atoms with Crippen molar-refractivity contribution in [1.29, 1.82) is 5.26 Å². The molecule has 5 rings (SSSR count). The fourth-order valence-electron chi connectivity index (χ4n) is 3.97. The van der Waals surface area contributed by atoms with E-state index in [9.17, 15) is 0 Å². The molecule has 2 fully saturated rings. The number of morpholine rings is 1. The van der Waals surface area contributed by atoms with Crippen molar-refractivity contribution in [3.05, 3.63) is 30.4 Å². The minimum Gasteiger partial charge on any atom is -0.460 e. The van der Waals surface area contributed by atoms with Gasteiger partial charge in [0.15, 0.2) is 5.65 Å². The van der Waals surface area contributed by atoms with Crippen LogP contribution in [0.3, 0.4) is 0 Å². The van der Waals surface area contributed by atoms with E-state index >= 15 is 0 Å². The average molecular weight is 421 g/mol. The van der Waals surface area contributed by atoms with Crippen LogP contribution >= 0.6 is 0 Å². The lowest BCUT2D eigenvalue weighted by Crippen LogP contribution is -2.37. The van der Waals surface area contributed by atoms with Crippen molar-refractivity contribution in [2.45, 2.75) is 37.8 Å². The van der Waals surface area contributed by atoms with Gasteiger partial charge in [0.2, 0.25) is 5.95 Å². The number of aromatic nitrogens is 6. The van der Waals surface area contributed by atoms with Crippen LogP contribution in [0.5, 0.6) is 6.01 Å². The molecule has 4 heterocycles. The Morgan fingerprint density at radius 2 is 1.97 bits per heavy atom. The number of rotatable bonds is 5. The number of ether oxygens (including phenoxy) is 2. The number of hydrogen-bond donors (Lipinski definition) is 1. The minimum absolute atomic E-state index is 0.0456. The molecule has 1 aliphatic heterocycles. The van der Waals surface area contributed by atoms with Gasteiger partial charge in [-0.15, -0.1) is 0 Å². The molecule has 11 nitrogen and oxygen atoms in total. The Bertz CT molecular complexity index is 1080. The largest absolute Gasteiger partial charge is 0.460 e. The second kappa shape index (κ2) is 8.69. The summed E-state index contributed by atoms with van der Waals surface area (Å²) in [6.07, 6.45) is 6.72. The van der Waals surface area contributed by atoms with Gasteiger partial charge in [-0.05, 0) is 31.7 Å². The van der Waals surface area contributed by atoms with Crippen LogP contribution in [0.2, 0.25) is 0 Å². The Hall–Kier alpha value is -3.52. The van der Waals surface area contributed by atoms with Crippen molar-refractivity contribution in [2.75, 3.05) is 36.5 Å². The van der Waals surface area contributed by atoms with Crippen molar-refractivity contribution in [3.63, 3.8) is 0 Å². The summed E-state index contributed by atoms with van der Waals surface area (Å²) in [6, 6.07) is 6.28. The highest BCUT2D eigenvalue weighted by Gasteiger charge is 2.25. The van der Waals surface area contributed by atoms with Gasteiger partial charge in [0.05, 0.1) is 13.2 Å². The number of anilines is 2. The Morgan fingerprint density at radius 3 is 2.77 bits per heavy atom. The SMILES string of the molecule is N#Cc1ccnc(NC2CCC(Oc3nc(N4CCOCC4)cc4ncnn34)CC2)n1. The lowest BCUT2D eigenvalue weighted by Gasteiger charge is -2.30. The van der Waals surface area contributed by atoms with Crippen LogP contribution in [-0.4, -0.2) is 68.0 Å². The van der Waals surface area contributed by atoms with E-state index in [2.05, 4.69) is 30.3 Å². The summed E-state index contributed by atoms with van der Waals surface area (Å²) in [5.41, 5.74) is 1.08. The van der Waals surface area contributed by atoms with E-state index in [1.54, 1.807) is 16.8 Å². The number of nitrogens with zero attached hydrogens (tertiary/aromatic N) is 8. The molecule has 0 atom stereocenters. The second-order valence-corrected chi connectivity index (χ2v) is 7.64. The van der Waals surface area contributed by atoms with E-state index in [0.29, 0.717) is 30.9 Å². The summed E-state index contributed by atoms with van der Waals surface area (Å²) >= 11 is 0. The predicted molar refractivity (Wildman–Crippen MR) is 111 cm³/mol. The lowest BCUT2D eigenvalue weighted by atomic mass is 9.93. The van der Waals surface area contributed by atoms with Crippen LogP contribution in [0.1, 0.15) is 31.4 Å². The van der Waals surface area contributed by atoms with Crippen LogP contribution in [-0.2, 0) is 4.74 Å². The van der Waals surface area contributed by atoms with Crippen LogP contribution in [0, 0.1) is 11.3 Å². The summed E-state index contributed by atoms with van der Waals surface area (Å²) in [4.78, 5) is 19.7. The molecule has 0 bridgehead atoms. The van der Waals surface area contributed by atoms with E-state index in [-0.39, 0.29) is 12.1 Å². The third kappa shape index (κ3) is 4.34. The summed E-state index contributed by atoms with van der Waals surface area (Å²) in [5, 5.41) is 16.6. The molecule has 3 aromatic rings. The lowest BCUT2D eigenvalue weighted by molar-refractivity contribution is 0.121. The van der Waals surface area contributed by atoms with Gasteiger partial charge in [0.25, 0.3) is 0 Å². The Labute approximate surface area is 179 Å². The first-order valence-electron chi connectivity index (χ1n) is 10.5. The maximum absolute atomic E-state index is 8.99. The molecular weight excluding hydrogens is 398 g/mol. The molecular formula is C20H23N9O2. The van der Waals surface area contributed by atoms with E-state index in [1.165, 1.54) is 6.33 Å². The van der Waals surface area contributed by atoms with Gasteiger partial charge in [-0.25, -0.2) is 15.0 Å². The van der Waals surface area contributed by atoms with Gasteiger partial charge in [-0.3, -0.25) is 0 Å². The standard InChI is InChI=1S/C20H23N9O2/c21-12-15-5-6-22-19(26-15)25-14-1-3-16(4-2-14)31-20-27-18(28-7-9-30-10-8-28)11-17-23-13-24-29(17)20/h5-6,11,13-14,16H,1-4,7-10H2,(H,22,25,26). The highest BCUT2D eigenvalue weighted by atomic mass is 16.5. The Balaban J connectivity index is 1.24. The van der Waals surface area contributed by atoms with Gasteiger partial charge in [0.1, 0.15) is 30.0 Å². The zero-order valence-corrected chi connectivity index (χ0v) is 17.0. The quantitative estimate of drug-likeness (QED) is 0.646. The maximum atomic E-state index is 8.99. The average Bonchev–Trinajstić information content (AvgIpc) is 3.30. The van der Waals surface area contributed by atoms with Gasteiger partial charge in [-0.2, -0.15) is 19.9 Å². The molecule has 0 unspecified atom stereocenters. The molecule has 1 saturated carbocycles. The smallest absolute Gasteiger partial charge is 0.321 e. The molecule has 160 valence electrons. The minimum atomic E-state index is 0.0456. The molecule has 0 radical (unpaired) electrons. The van der Waals surface area contributed by atoms with E-state index < -0.39 is 0 Å². The van der Waals surface area contributed by atoms with Crippen molar-refractivity contribution in [2.24, 2.45) is 0 Å². The molecule has 2 aliphatic rings. The van der Waals surface area contributed by atoms with Crippen LogP contribution in [0.25, 0.3) is 5.65 Å². The summed E-state index contributed by atoms with van der Waals surface area (Å²) in [6.45, 7) is 2.96. The highest BCUT2D eigenvalue weighted by Crippen LogP contribution is 2.26. The first-order valence-corrected chi connectivity index (χ1v) is 10.5. The zero-order chi connectivity index (χ0) is 21.0. The fraction of sp³-hybridized carbons (Fsp3) is 0.500. The van der Waals surface area contributed by atoms with Crippen molar-refractivity contribution < 1.29 is 9.47 Å². The molecule has 0 spiro atoms. The number of nitrogens with one attached hydrogen (secondary N) is 1. The van der Waals surface area contributed by atoms with Gasteiger partial charge in [-0.1, -0.05) is 0 Å². The van der Waals surface area contributed by atoms with Crippen molar-refractivity contribution in [1.82, 2.24) is 29.5 Å². The van der Waals surface area contributed by atoms with Crippen LogP contribution < -0.4 is 15.0 Å². The normalized spacial score (nSPS) is 21.6. The predicted octanol–water partition coefficient (Wildman–Crippen LogP) is 1.42. The van der Waals surface area contributed by atoms with Gasteiger partial charge in [0, 0.05) is 31.4 Å². The monoisotopic (exact) mass is 421 g/mol. The summed E-state index contributed by atoms with van der Waals surface area (Å²) in [5.74, 6) is 1.33. The Kier molecular flexibility index (Phi) is 5.45. The second-order valence-electron chi connectivity index (χ2n) is 7.64. The molecule has 0 amide bonds. The number of hydrogen-bond acceptors (Lipinski definition) is 10. The van der Waals surface area contributed by atoms with Crippen molar-refractivity contribution in [3.8, 4) is 12.1 Å². The summed E-state index contributed by atoms with van der Waals surface area (Å²) in [7, 11) is 0. The number of nitriles is 1. The molecule has 31 heavy (non-hydrogen) atoms. The van der Waals surface area contributed by atoms with Gasteiger partial charge < -0.3 is 19.7 Å². The third-order valence-electron chi connectivity index (χ3n) is 5.61. The molecule has 1 N–H and O–H groups in total. The van der Waals surface area contributed by atoms with Crippen LogP contribution in [0.4, 0.5) is 11.8 Å². The topological polar surface area (TPSA) is 126 Å². The zero-order valence-electron chi connectivity index (χ0n) is 17.0. The molecule has 1 saturated heterocycles. The van der Waals surface area contributed by atoms with Gasteiger partial charge >= 0.3 is 6.01 Å². The van der Waals surface area contributed by atoms with E-state index in [1.807, 2.05) is 12.1 Å². The van der Waals surface area contributed by atoms with Crippen molar-refractivity contribution >= 4 is 17.4 Å². The third-order valence-corrected chi connectivity index (χ3v) is 5.61. The first kappa shape index (κ1) is 19.4. The molecule has 0 aromatic carbocycles.